The molecular weight excluding hydrogens is 268 g/mol. The van der Waals surface area contributed by atoms with Crippen molar-refractivity contribution in [3.63, 3.8) is 0 Å². The molecule has 1 aromatic carbocycles. The molecule has 21 heavy (non-hydrogen) atoms. The number of hydrogen-bond donors (Lipinski definition) is 3. The monoisotopic (exact) mass is 280 g/mol. The molecule has 6 heteroatoms. The van der Waals surface area contributed by atoms with Gasteiger partial charge in [0.2, 0.25) is 5.95 Å². The molecule has 2 heterocycles. The number of anilines is 1. The number of benzene rings is 1. The minimum absolute atomic E-state index is 0.00984. The van der Waals surface area contributed by atoms with Crippen LogP contribution in [-0.4, -0.2) is 25.2 Å². The van der Waals surface area contributed by atoms with Crippen LogP contribution in [0.3, 0.4) is 0 Å². The van der Waals surface area contributed by atoms with Crippen molar-refractivity contribution in [3.05, 3.63) is 48.7 Å². The normalized spacial score (nSPS) is 10.5. The van der Waals surface area contributed by atoms with Gasteiger partial charge in [0, 0.05) is 11.8 Å². The number of pyridine rings is 1. The first kappa shape index (κ1) is 12.9. The molecule has 0 spiro atoms. The Hall–Kier alpha value is -3.15. The van der Waals surface area contributed by atoms with Crippen molar-refractivity contribution in [1.82, 2.24) is 15.0 Å². The van der Waals surface area contributed by atoms with Crippen molar-refractivity contribution in [2.24, 2.45) is 0 Å². The summed E-state index contributed by atoms with van der Waals surface area (Å²) in [5, 5.41) is 19.3. The van der Waals surface area contributed by atoms with Crippen LogP contribution < -0.4 is 5.73 Å². The lowest BCUT2D eigenvalue weighted by molar-refractivity contribution is 0.474. The van der Waals surface area contributed by atoms with Gasteiger partial charge in [-0.05, 0) is 42.5 Å². The quantitative estimate of drug-likeness (QED) is 0.664. The number of phenolic OH excluding ortho intramolecular Hbond substituents is 1. The molecule has 0 saturated heterocycles. The van der Waals surface area contributed by atoms with E-state index in [4.69, 9.17) is 5.73 Å². The summed E-state index contributed by atoms with van der Waals surface area (Å²) in [7, 11) is 0. The Kier molecular flexibility index (Phi) is 3.12. The summed E-state index contributed by atoms with van der Waals surface area (Å²) in [6.45, 7) is 0. The number of nitrogen functional groups attached to an aromatic ring is 1. The molecule has 0 atom stereocenters. The lowest BCUT2D eigenvalue weighted by Crippen LogP contribution is -1.97. The van der Waals surface area contributed by atoms with Crippen LogP contribution in [0.25, 0.3) is 22.6 Å². The number of nitrogens with two attached hydrogens (primary N) is 1. The third kappa shape index (κ3) is 2.59. The summed E-state index contributed by atoms with van der Waals surface area (Å²) in [6.07, 6.45) is 1.51. The Morgan fingerprint density at radius 2 is 1.57 bits per heavy atom. The number of aromatic hydroxyl groups is 2. The maximum absolute atomic E-state index is 9.97. The van der Waals surface area contributed by atoms with Crippen LogP contribution >= 0.6 is 0 Å². The van der Waals surface area contributed by atoms with E-state index in [1.54, 1.807) is 42.5 Å². The third-order valence-corrected chi connectivity index (χ3v) is 2.95. The van der Waals surface area contributed by atoms with Gasteiger partial charge in [0.25, 0.3) is 0 Å². The molecule has 104 valence electrons. The van der Waals surface area contributed by atoms with Gasteiger partial charge in [-0.1, -0.05) is 0 Å². The largest absolute Gasteiger partial charge is 0.508 e. The van der Waals surface area contributed by atoms with Crippen LogP contribution in [0.15, 0.2) is 48.7 Å². The molecule has 3 rings (SSSR count). The highest BCUT2D eigenvalue weighted by molar-refractivity contribution is 5.69. The first-order valence-corrected chi connectivity index (χ1v) is 6.22. The predicted octanol–water partition coefficient (Wildman–Crippen LogP) is 2.20. The standard InChI is InChI=1S/C15H12N4O2/c16-15-17-8-7-12(19-15)14-13(21)6-5-11(18-14)9-1-3-10(20)4-2-9/h1-8,20-21H,(H2,16,17,19). The Morgan fingerprint density at radius 3 is 2.29 bits per heavy atom. The van der Waals surface area contributed by atoms with E-state index in [2.05, 4.69) is 15.0 Å². The first-order chi connectivity index (χ1) is 10.1. The zero-order valence-electron chi connectivity index (χ0n) is 10.9. The molecule has 0 unspecified atom stereocenters. The summed E-state index contributed by atoms with van der Waals surface area (Å²) >= 11 is 0. The molecule has 0 fully saturated rings. The Morgan fingerprint density at radius 1 is 0.810 bits per heavy atom. The fourth-order valence-corrected chi connectivity index (χ4v) is 1.94. The molecule has 0 bridgehead atoms. The third-order valence-electron chi connectivity index (χ3n) is 2.95. The highest BCUT2D eigenvalue weighted by Gasteiger charge is 2.10. The second-order valence-corrected chi connectivity index (χ2v) is 4.41. The van der Waals surface area contributed by atoms with Gasteiger partial charge in [-0.25, -0.2) is 15.0 Å². The fourth-order valence-electron chi connectivity index (χ4n) is 1.94. The van der Waals surface area contributed by atoms with Crippen LogP contribution in [0.5, 0.6) is 11.5 Å². The van der Waals surface area contributed by atoms with Crippen LogP contribution in [0.2, 0.25) is 0 Å². The summed E-state index contributed by atoms with van der Waals surface area (Å²) in [4.78, 5) is 12.3. The number of rotatable bonds is 2. The van der Waals surface area contributed by atoms with Crippen LogP contribution in [0.1, 0.15) is 0 Å². The number of aromatic nitrogens is 3. The van der Waals surface area contributed by atoms with Gasteiger partial charge in [0.1, 0.15) is 17.2 Å². The van der Waals surface area contributed by atoms with Crippen molar-refractivity contribution < 1.29 is 10.2 Å². The highest BCUT2D eigenvalue weighted by atomic mass is 16.3. The lowest BCUT2D eigenvalue weighted by atomic mass is 10.1. The average Bonchev–Trinajstić information content (AvgIpc) is 2.49. The van der Waals surface area contributed by atoms with Crippen LogP contribution in [0.4, 0.5) is 5.95 Å². The van der Waals surface area contributed by atoms with E-state index in [1.165, 1.54) is 6.20 Å². The second kappa shape index (κ2) is 5.09. The van der Waals surface area contributed by atoms with Crippen LogP contribution in [0, 0.1) is 0 Å². The van der Waals surface area contributed by atoms with E-state index < -0.39 is 0 Å². The molecule has 4 N–H and O–H groups in total. The van der Waals surface area contributed by atoms with Gasteiger partial charge in [-0.3, -0.25) is 0 Å². The molecule has 0 aliphatic carbocycles. The average molecular weight is 280 g/mol. The molecule has 0 saturated carbocycles. The summed E-state index contributed by atoms with van der Waals surface area (Å²) in [5.74, 6) is 0.306. The van der Waals surface area contributed by atoms with E-state index in [0.717, 1.165) is 5.56 Å². The van der Waals surface area contributed by atoms with Gasteiger partial charge < -0.3 is 15.9 Å². The Labute approximate surface area is 120 Å². The topological polar surface area (TPSA) is 105 Å². The molecule has 0 amide bonds. The zero-order valence-corrected chi connectivity index (χ0v) is 10.9. The first-order valence-electron chi connectivity index (χ1n) is 6.22. The minimum atomic E-state index is 0.00984. The van der Waals surface area contributed by atoms with Crippen molar-refractivity contribution in [2.45, 2.75) is 0 Å². The minimum Gasteiger partial charge on any atom is -0.508 e. The molecular formula is C15H12N4O2. The predicted molar refractivity (Wildman–Crippen MR) is 78.4 cm³/mol. The zero-order chi connectivity index (χ0) is 14.8. The SMILES string of the molecule is Nc1nccc(-c2nc(-c3ccc(O)cc3)ccc2O)n1. The highest BCUT2D eigenvalue weighted by Crippen LogP contribution is 2.29. The number of nitrogens with zero attached hydrogens (tertiary/aromatic N) is 3. The lowest BCUT2D eigenvalue weighted by Gasteiger charge is -2.07. The van der Waals surface area contributed by atoms with E-state index in [-0.39, 0.29) is 17.4 Å². The van der Waals surface area contributed by atoms with E-state index in [0.29, 0.717) is 17.1 Å². The summed E-state index contributed by atoms with van der Waals surface area (Å²) < 4.78 is 0. The second-order valence-electron chi connectivity index (χ2n) is 4.41. The van der Waals surface area contributed by atoms with Gasteiger partial charge in [0.15, 0.2) is 0 Å². The smallest absolute Gasteiger partial charge is 0.220 e. The van der Waals surface area contributed by atoms with Gasteiger partial charge in [-0.2, -0.15) is 0 Å². The van der Waals surface area contributed by atoms with Crippen molar-refractivity contribution >= 4 is 5.95 Å². The molecule has 6 nitrogen and oxygen atoms in total. The summed E-state index contributed by atoms with van der Waals surface area (Å²) in [6, 6.07) is 11.5. The van der Waals surface area contributed by atoms with Gasteiger partial charge in [-0.15, -0.1) is 0 Å². The fraction of sp³-hybridized carbons (Fsp3) is 0. The Bertz CT molecular complexity index is 788. The van der Waals surface area contributed by atoms with E-state index in [1.807, 2.05) is 0 Å². The summed E-state index contributed by atoms with van der Waals surface area (Å²) in [5.41, 5.74) is 7.79. The van der Waals surface area contributed by atoms with E-state index >= 15 is 0 Å². The maximum Gasteiger partial charge on any atom is 0.220 e. The van der Waals surface area contributed by atoms with Gasteiger partial charge >= 0.3 is 0 Å². The van der Waals surface area contributed by atoms with Crippen molar-refractivity contribution in [2.75, 3.05) is 5.73 Å². The molecule has 3 aromatic rings. The molecule has 2 aromatic heterocycles. The Balaban J connectivity index is 2.10. The van der Waals surface area contributed by atoms with Crippen molar-refractivity contribution in [1.29, 1.82) is 0 Å². The molecule has 0 aliphatic heterocycles. The number of hydrogen-bond acceptors (Lipinski definition) is 6. The van der Waals surface area contributed by atoms with E-state index in [9.17, 15) is 10.2 Å². The van der Waals surface area contributed by atoms with Crippen LogP contribution in [-0.2, 0) is 0 Å². The number of phenols is 1. The maximum atomic E-state index is 9.97. The van der Waals surface area contributed by atoms with Crippen molar-refractivity contribution in [3.8, 4) is 34.1 Å². The molecule has 0 aliphatic rings. The van der Waals surface area contributed by atoms with Gasteiger partial charge in [0.05, 0.1) is 11.4 Å². The molecule has 0 radical (unpaired) electrons.